The normalized spacial score (nSPS) is 28.9. The summed E-state index contributed by atoms with van der Waals surface area (Å²) in [5.74, 6) is -0.221. The number of fused-ring (bicyclic) bond motifs is 3. The van der Waals surface area contributed by atoms with Gasteiger partial charge in [-0.05, 0) is 11.1 Å². The van der Waals surface area contributed by atoms with E-state index >= 15 is 0 Å². The molecule has 3 rings (SSSR count). The molecule has 108 valence electrons. The molecular weight excluding hydrogens is 273 g/mol. The number of halogens is 3. The van der Waals surface area contributed by atoms with Crippen molar-refractivity contribution in [3.8, 4) is 0 Å². The van der Waals surface area contributed by atoms with Gasteiger partial charge in [-0.3, -0.25) is 5.32 Å². The number of likely N-dealkylation sites (tertiary alicyclic amines) is 1. The van der Waals surface area contributed by atoms with Crippen LogP contribution in [-0.2, 0) is 0 Å². The molecule has 3 unspecified atom stereocenters. The van der Waals surface area contributed by atoms with Crippen molar-refractivity contribution in [1.29, 1.82) is 0 Å². The summed E-state index contributed by atoms with van der Waals surface area (Å²) in [5.41, 5.74) is 0.802. The average molecular weight is 286 g/mol. The van der Waals surface area contributed by atoms with E-state index in [4.69, 9.17) is 5.11 Å². The summed E-state index contributed by atoms with van der Waals surface area (Å²) >= 11 is 0. The Kier molecular flexibility index (Phi) is 2.89. The highest BCUT2D eigenvalue weighted by Gasteiger charge is 2.50. The number of rotatable bonds is 0. The molecule has 4 nitrogen and oxygen atoms in total. The van der Waals surface area contributed by atoms with Crippen LogP contribution in [0, 0.1) is 0 Å². The van der Waals surface area contributed by atoms with E-state index in [-0.39, 0.29) is 24.6 Å². The highest BCUT2D eigenvalue weighted by molar-refractivity contribution is 5.66. The maximum Gasteiger partial charge on any atom is 0.407 e. The van der Waals surface area contributed by atoms with Crippen LogP contribution in [0.3, 0.4) is 0 Å². The molecule has 3 atom stereocenters. The molecule has 1 aromatic rings. The summed E-state index contributed by atoms with van der Waals surface area (Å²) in [6.45, 7) is 0.315. The molecule has 0 aromatic heterocycles. The molecule has 2 aliphatic heterocycles. The maximum absolute atomic E-state index is 13.1. The van der Waals surface area contributed by atoms with Crippen LogP contribution in [0.25, 0.3) is 0 Å². The van der Waals surface area contributed by atoms with Gasteiger partial charge in [0.05, 0.1) is 0 Å². The number of hydrogen-bond donors (Lipinski definition) is 2. The fourth-order valence-electron chi connectivity index (χ4n) is 3.13. The molecule has 20 heavy (non-hydrogen) atoms. The van der Waals surface area contributed by atoms with E-state index in [0.717, 1.165) is 4.90 Å². The van der Waals surface area contributed by atoms with Crippen molar-refractivity contribution < 1.29 is 23.1 Å². The van der Waals surface area contributed by atoms with Crippen LogP contribution in [0.1, 0.15) is 23.1 Å². The molecule has 1 aromatic carbocycles. The zero-order valence-electron chi connectivity index (χ0n) is 10.4. The number of carbonyl (C=O) groups is 1. The summed E-state index contributed by atoms with van der Waals surface area (Å²) in [6, 6.07) is 4.17. The third-order valence-corrected chi connectivity index (χ3v) is 4.00. The van der Waals surface area contributed by atoms with E-state index in [2.05, 4.69) is 5.32 Å². The summed E-state index contributed by atoms with van der Waals surface area (Å²) < 4.78 is 39.4. The number of alkyl halides is 3. The Morgan fingerprint density at radius 2 is 1.90 bits per heavy atom. The Bertz CT molecular complexity index is 547. The zero-order valence-corrected chi connectivity index (χ0v) is 10.4. The number of hydrogen-bond acceptors (Lipinski definition) is 2. The smallest absolute Gasteiger partial charge is 0.407 e. The van der Waals surface area contributed by atoms with Crippen LogP contribution >= 0.6 is 0 Å². The van der Waals surface area contributed by atoms with Crippen LogP contribution in [0.5, 0.6) is 0 Å². The summed E-state index contributed by atoms with van der Waals surface area (Å²) in [6.07, 6.45) is -5.49. The molecule has 1 saturated heterocycles. The van der Waals surface area contributed by atoms with Crippen LogP contribution < -0.4 is 5.32 Å². The SMILES string of the molecule is O=C(O)N1CC2NC(C(F)(F)F)c3ccccc3C2C1. The number of carboxylic acid groups (broad SMARTS) is 1. The van der Waals surface area contributed by atoms with Crippen LogP contribution in [0.4, 0.5) is 18.0 Å². The van der Waals surface area contributed by atoms with Crippen molar-refractivity contribution in [2.24, 2.45) is 0 Å². The molecular formula is C13H13F3N2O2. The molecule has 0 spiro atoms. The summed E-state index contributed by atoms with van der Waals surface area (Å²) in [7, 11) is 0. The van der Waals surface area contributed by atoms with E-state index < -0.39 is 24.4 Å². The molecule has 0 aliphatic carbocycles. The fraction of sp³-hybridized carbons (Fsp3) is 0.462. The number of benzene rings is 1. The van der Waals surface area contributed by atoms with Gasteiger partial charge in [0.2, 0.25) is 0 Å². The van der Waals surface area contributed by atoms with Crippen LogP contribution in [0.2, 0.25) is 0 Å². The lowest BCUT2D eigenvalue weighted by atomic mass is 9.83. The second kappa shape index (κ2) is 4.37. The van der Waals surface area contributed by atoms with Crippen molar-refractivity contribution in [2.75, 3.05) is 13.1 Å². The highest BCUT2D eigenvalue weighted by Crippen LogP contribution is 2.43. The lowest BCUT2D eigenvalue weighted by Gasteiger charge is -2.35. The molecule has 2 N–H and O–H groups in total. The van der Waals surface area contributed by atoms with Crippen molar-refractivity contribution in [3.05, 3.63) is 35.4 Å². The van der Waals surface area contributed by atoms with E-state index in [1.54, 1.807) is 18.2 Å². The van der Waals surface area contributed by atoms with Gasteiger partial charge in [-0.15, -0.1) is 0 Å². The first-order valence-electron chi connectivity index (χ1n) is 6.27. The van der Waals surface area contributed by atoms with Gasteiger partial charge in [0.25, 0.3) is 0 Å². The molecule has 0 saturated carbocycles. The molecule has 2 heterocycles. The van der Waals surface area contributed by atoms with Gasteiger partial charge in [-0.25, -0.2) is 4.79 Å². The van der Waals surface area contributed by atoms with Gasteiger partial charge in [0.15, 0.2) is 0 Å². The van der Waals surface area contributed by atoms with E-state index in [0.29, 0.717) is 5.56 Å². The van der Waals surface area contributed by atoms with E-state index in [9.17, 15) is 18.0 Å². The fourth-order valence-corrected chi connectivity index (χ4v) is 3.13. The highest BCUT2D eigenvalue weighted by atomic mass is 19.4. The largest absolute Gasteiger partial charge is 0.465 e. The van der Waals surface area contributed by atoms with Crippen molar-refractivity contribution >= 4 is 6.09 Å². The van der Waals surface area contributed by atoms with Gasteiger partial charge in [0.1, 0.15) is 6.04 Å². The predicted octanol–water partition coefficient (Wildman–Crippen LogP) is 2.34. The standard InChI is InChI=1S/C13H13F3N2O2/c14-13(15,16)11-8-4-2-1-3-7(8)9-5-18(12(19)20)6-10(9)17-11/h1-4,9-11,17H,5-6H2,(H,19,20). The van der Waals surface area contributed by atoms with Gasteiger partial charge in [-0.1, -0.05) is 24.3 Å². The second-order valence-corrected chi connectivity index (χ2v) is 5.17. The van der Waals surface area contributed by atoms with E-state index in [1.807, 2.05) is 0 Å². The van der Waals surface area contributed by atoms with Crippen molar-refractivity contribution in [3.63, 3.8) is 0 Å². The van der Waals surface area contributed by atoms with Crippen LogP contribution in [-0.4, -0.2) is 41.4 Å². The Labute approximate surface area is 113 Å². The lowest BCUT2D eigenvalue weighted by molar-refractivity contribution is -0.161. The summed E-state index contributed by atoms with van der Waals surface area (Å²) in [5, 5.41) is 11.6. The predicted molar refractivity (Wildman–Crippen MR) is 64.5 cm³/mol. The minimum absolute atomic E-state index is 0.0842. The first kappa shape index (κ1) is 13.2. The lowest BCUT2D eigenvalue weighted by Crippen LogP contribution is -2.48. The Balaban J connectivity index is 2.01. The second-order valence-electron chi connectivity index (χ2n) is 5.17. The first-order valence-corrected chi connectivity index (χ1v) is 6.27. The van der Waals surface area contributed by atoms with Crippen molar-refractivity contribution in [1.82, 2.24) is 10.2 Å². The third-order valence-electron chi connectivity index (χ3n) is 4.00. The number of nitrogens with zero attached hydrogens (tertiary/aromatic N) is 1. The van der Waals surface area contributed by atoms with Crippen molar-refractivity contribution in [2.45, 2.75) is 24.2 Å². The molecule has 1 fully saturated rings. The minimum Gasteiger partial charge on any atom is -0.465 e. The van der Waals surface area contributed by atoms with Gasteiger partial charge < -0.3 is 10.0 Å². The van der Waals surface area contributed by atoms with Gasteiger partial charge in [-0.2, -0.15) is 13.2 Å². The Hall–Kier alpha value is -1.76. The topological polar surface area (TPSA) is 52.6 Å². The average Bonchev–Trinajstić information content (AvgIpc) is 2.81. The molecule has 2 aliphatic rings. The minimum atomic E-state index is -4.39. The first-order chi connectivity index (χ1) is 9.38. The van der Waals surface area contributed by atoms with Gasteiger partial charge >= 0.3 is 12.3 Å². The number of nitrogens with one attached hydrogen (secondary N) is 1. The Morgan fingerprint density at radius 3 is 2.50 bits per heavy atom. The molecule has 1 amide bonds. The molecule has 7 heteroatoms. The van der Waals surface area contributed by atoms with Crippen LogP contribution in [0.15, 0.2) is 24.3 Å². The van der Waals surface area contributed by atoms with E-state index in [1.165, 1.54) is 6.07 Å². The third kappa shape index (κ3) is 2.02. The summed E-state index contributed by atoms with van der Waals surface area (Å²) in [4.78, 5) is 12.2. The Morgan fingerprint density at radius 1 is 1.25 bits per heavy atom. The quantitative estimate of drug-likeness (QED) is 0.769. The number of amides is 1. The van der Waals surface area contributed by atoms with Gasteiger partial charge in [0, 0.05) is 25.0 Å². The monoisotopic (exact) mass is 286 g/mol. The zero-order chi connectivity index (χ0) is 14.5. The molecule has 0 radical (unpaired) electrons. The molecule has 0 bridgehead atoms. The maximum atomic E-state index is 13.1.